The molecule has 0 bridgehead atoms. The molecule has 0 aliphatic carbocycles. The van der Waals surface area contributed by atoms with E-state index in [1.54, 1.807) is 6.92 Å². The fraction of sp³-hybridized carbons (Fsp3) is 0.286. The van der Waals surface area contributed by atoms with Gasteiger partial charge in [-0.2, -0.15) is 4.98 Å². The molecule has 0 radical (unpaired) electrons. The minimum atomic E-state index is -1.02. The number of nitrogens with one attached hydrogen (secondary N) is 2. The number of aryl methyl sites for hydroxylation is 1. The lowest BCUT2D eigenvalue weighted by molar-refractivity contribution is 0.548. The van der Waals surface area contributed by atoms with Crippen LogP contribution in [0.1, 0.15) is 18.9 Å². The van der Waals surface area contributed by atoms with E-state index in [9.17, 15) is 13.2 Å². The van der Waals surface area contributed by atoms with Gasteiger partial charge in [0.1, 0.15) is 17.3 Å². The monoisotopic (exact) mass is 296 g/mol. The lowest BCUT2D eigenvalue weighted by Crippen LogP contribution is -2.08. The molecule has 0 saturated heterocycles. The Kier molecular flexibility index (Phi) is 4.62. The molecule has 0 fully saturated rings. The van der Waals surface area contributed by atoms with E-state index < -0.39 is 23.1 Å². The molecule has 0 unspecified atom stereocenters. The molecule has 2 aromatic rings. The molecule has 0 amide bonds. The van der Waals surface area contributed by atoms with Crippen LogP contribution in [0.5, 0.6) is 0 Å². The van der Waals surface area contributed by atoms with Gasteiger partial charge in [-0.1, -0.05) is 6.92 Å². The average Bonchev–Trinajstić information content (AvgIpc) is 2.43. The molecule has 4 nitrogen and oxygen atoms in total. The lowest BCUT2D eigenvalue weighted by Gasteiger charge is -2.12. The van der Waals surface area contributed by atoms with Crippen molar-refractivity contribution in [1.82, 2.24) is 9.97 Å². The van der Waals surface area contributed by atoms with E-state index in [2.05, 4.69) is 20.6 Å². The highest BCUT2D eigenvalue weighted by atomic mass is 19.1. The second-order valence-corrected chi connectivity index (χ2v) is 4.52. The highest BCUT2D eigenvalue weighted by molar-refractivity contribution is 5.61. The van der Waals surface area contributed by atoms with Crippen LogP contribution in [0, 0.1) is 24.4 Å². The number of anilines is 3. The predicted octanol–water partition coefficient (Wildman–Crippen LogP) is 3.77. The highest BCUT2D eigenvalue weighted by Crippen LogP contribution is 2.25. The molecule has 0 aliphatic rings. The third-order valence-corrected chi connectivity index (χ3v) is 2.76. The quantitative estimate of drug-likeness (QED) is 0.882. The first-order valence-electron chi connectivity index (χ1n) is 6.50. The van der Waals surface area contributed by atoms with E-state index in [0.29, 0.717) is 30.2 Å². The van der Waals surface area contributed by atoms with Crippen molar-refractivity contribution in [3.8, 4) is 0 Å². The number of hydrogen-bond acceptors (Lipinski definition) is 4. The van der Waals surface area contributed by atoms with Gasteiger partial charge in [0.2, 0.25) is 5.95 Å². The zero-order chi connectivity index (χ0) is 15.4. The second kappa shape index (κ2) is 6.43. The Labute approximate surface area is 120 Å². The maximum Gasteiger partial charge on any atom is 0.224 e. The average molecular weight is 296 g/mol. The number of benzene rings is 1. The normalized spacial score (nSPS) is 10.5. The number of aromatic nitrogens is 2. The summed E-state index contributed by atoms with van der Waals surface area (Å²) in [7, 11) is 0. The largest absolute Gasteiger partial charge is 0.354 e. The third kappa shape index (κ3) is 3.62. The van der Waals surface area contributed by atoms with Gasteiger partial charge in [0, 0.05) is 30.4 Å². The SMILES string of the molecule is CCCNc1ncc(C)c(Nc2c(F)cc(F)cc2F)n1. The standard InChI is InChI=1S/C14H15F3N4/c1-3-4-18-14-19-7-8(2)13(21-14)20-12-10(16)5-9(15)6-11(12)17/h5-7H,3-4H2,1-2H3,(H2,18,19,20,21). The Hall–Kier alpha value is -2.31. The molecule has 0 aliphatic heterocycles. The lowest BCUT2D eigenvalue weighted by atomic mass is 10.2. The Morgan fingerprint density at radius 2 is 1.81 bits per heavy atom. The molecule has 0 atom stereocenters. The Balaban J connectivity index is 2.31. The van der Waals surface area contributed by atoms with Gasteiger partial charge < -0.3 is 10.6 Å². The minimum Gasteiger partial charge on any atom is -0.354 e. The summed E-state index contributed by atoms with van der Waals surface area (Å²) in [5, 5.41) is 5.52. The fourth-order valence-electron chi connectivity index (χ4n) is 1.67. The summed E-state index contributed by atoms with van der Waals surface area (Å²) < 4.78 is 40.1. The molecule has 1 heterocycles. The van der Waals surface area contributed by atoms with Crippen molar-refractivity contribution in [2.75, 3.05) is 17.2 Å². The number of rotatable bonds is 5. The minimum absolute atomic E-state index is 0.257. The smallest absolute Gasteiger partial charge is 0.224 e. The van der Waals surface area contributed by atoms with Crippen molar-refractivity contribution in [3.63, 3.8) is 0 Å². The molecule has 21 heavy (non-hydrogen) atoms. The van der Waals surface area contributed by atoms with Crippen molar-refractivity contribution < 1.29 is 13.2 Å². The first-order chi connectivity index (χ1) is 10.0. The summed E-state index contributed by atoms with van der Waals surface area (Å²) in [5.74, 6) is -2.40. The van der Waals surface area contributed by atoms with Crippen molar-refractivity contribution in [1.29, 1.82) is 0 Å². The van der Waals surface area contributed by atoms with E-state index in [-0.39, 0.29) is 5.82 Å². The molecular weight excluding hydrogens is 281 g/mol. The number of nitrogens with zero attached hydrogens (tertiary/aromatic N) is 2. The maximum absolute atomic E-state index is 13.6. The first kappa shape index (κ1) is 15.1. The number of hydrogen-bond donors (Lipinski definition) is 2. The van der Waals surface area contributed by atoms with Crippen LogP contribution in [0.4, 0.5) is 30.6 Å². The summed E-state index contributed by atoms with van der Waals surface area (Å²) >= 11 is 0. The molecule has 7 heteroatoms. The van der Waals surface area contributed by atoms with Crippen LogP contribution in [0.3, 0.4) is 0 Å². The molecule has 0 spiro atoms. The molecular formula is C14H15F3N4. The van der Waals surface area contributed by atoms with Crippen LogP contribution >= 0.6 is 0 Å². The first-order valence-corrected chi connectivity index (χ1v) is 6.50. The van der Waals surface area contributed by atoms with Crippen molar-refractivity contribution in [2.24, 2.45) is 0 Å². The predicted molar refractivity (Wildman–Crippen MR) is 75.1 cm³/mol. The van der Waals surface area contributed by atoms with E-state index >= 15 is 0 Å². The summed E-state index contributed by atoms with van der Waals surface area (Å²) in [6, 6.07) is 1.22. The summed E-state index contributed by atoms with van der Waals surface area (Å²) in [4.78, 5) is 8.22. The molecule has 0 saturated carbocycles. The Morgan fingerprint density at radius 1 is 1.14 bits per heavy atom. The molecule has 1 aromatic carbocycles. The van der Waals surface area contributed by atoms with Gasteiger partial charge in [-0.15, -0.1) is 0 Å². The van der Waals surface area contributed by atoms with Crippen molar-refractivity contribution in [3.05, 3.63) is 41.3 Å². The third-order valence-electron chi connectivity index (χ3n) is 2.76. The Morgan fingerprint density at radius 3 is 2.43 bits per heavy atom. The molecule has 2 rings (SSSR count). The van der Waals surface area contributed by atoms with Crippen LogP contribution in [0.25, 0.3) is 0 Å². The van der Waals surface area contributed by atoms with Gasteiger partial charge in [0.15, 0.2) is 11.6 Å². The van der Waals surface area contributed by atoms with E-state index in [1.807, 2.05) is 6.92 Å². The van der Waals surface area contributed by atoms with Crippen LogP contribution in [0.15, 0.2) is 18.3 Å². The van der Waals surface area contributed by atoms with Gasteiger partial charge in [0.05, 0.1) is 0 Å². The van der Waals surface area contributed by atoms with Crippen molar-refractivity contribution >= 4 is 17.5 Å². The van der Waals surface area contributed by atoms with Crippen LogP contribution in [0.2, 0.25) is 0 Å². The number of halogens is 3. The maximum atomic E-state index is 13.6. The Bertz CT molecular complexity index is 623. The van der Waals surface area contributed by atoms with Gasteiger partial charge >= 0.3 is 0 Å². The summed E-state index contributed by atoms with van der Waals surface area (Å²) in [6.45, 7) is 4.37. The zero-order valence-corrected chi connectivity index (χ0v) is 11.7. The van der Waals surface area contributed by atoms with E-state index in [1.165, 1.54) is 6.20 Å². The summed E-state index contributed by atoms with van der Waals surface area (Å²) in [6.07, 6.45) is 2.42. The van der Waals surface area contributed by atoms with Gasteiger partial charge in [0.25, 0.3) is 0 Å². The highest BCUT2D eigenvalue weighted by Gasteiger charge is 2.14. The van der Waals surface area contributed by atoms with E-state index in [0.717, 1.165) is 6.42 Å². The topological polar surface area (TPSA) is 49.8 Å². The van der Waals surface area contributed by atoms with Gasteiger partial charge in [-0.3, -0.25) is 0 Å². The van der Waals surface area contributed by atoms with Crippen LogP contribution in [-0.2, 0) is 0 Å². The van der Waals surface area contributed by atoms with Crippen LogP contribution < -0.4 is 10.6 Å². The van der Waals surface area contributed by atoms with E-state index in [4.69, 9.17) is 0 Å². The summed E-state index contributed by atoms with van der Waals surface area (Å²) in [5.41, 5.74) is 0.166. The molecule has 2 N–H and O–H groups in total. The second-order valence-electron chi connectivity index (χ2n) is 4.52. The van der Waals surface area contributed by atoms with Gasteiger partial charge in [-0.25, -0.2) is 18.2 Å². The van der Waals surface area contributed by atoms with Crippen molar-refractivity contribution in [2.45, 2.75) is 20.3 Å². The fourth-order valence-corrected chi connectivity index (χ4v) is 1.67. The van der Waals surface area contributed by atoms with Crippen LogP contribution in [-0.4, -0.2) is 16.5 Å². The zero-order valence-electron chi connectivity index (χ0n) is 11.7. The van der Waals surface area contributed by atoms with Gasteiger partial charge in [-0.05, 0) is 13.3 Å². The molecule has 1 aromatic heterocycles. The molecule has 112 valence electrons.